The van der Waals surface area contributed by atoms with E-state index in [1.54, 1.807) is 6.07 Å². The third-order valence-corrected chi connectivity index (χ3v) is 5.51. The number of halogens is 5. The number of H-pyrrole nitrogens is 1. The van der Waals surface area contributed by atoms with E-state index in [1.165, 1.54) is 18.2 Å². The van der Waals surface area contributed by atoms with Crippen molar-refractivity contribution < 1.29 is 26.7 Å². The molecule has 0 saturated carbocycles. The second kappa shape index (κ2) is 8.76. The number of pyridine rings is 1. The van der Waals surface area contributed by atoms with Crippen LogP contribution in [0.1, 0.15) is 31.7 Å². The number of aromatic nitrogens is 3. The molecule has 0 amide bonds. The highest BCUT2D eigenvalue weighted by Gasteiger charge is 2.33. The number of ether oxygens (including phenoxy) is 1. The van der Waals surface area contributed by atoms with Crippen LogP contribution < -0.4 is 9.64 Å². The Morgan fingerprint density at radius 1 is 1.12 bits per heavy atom. The Kier molecular flexibility index (Phi) is 6.03. The van der Waals surface area contributed by atoms with E-state index >= 15 is 0 Å². The van der Waals surface area contributed by atoms with Crippen LogP contribution in [0.3, 0.4) is 0 Å². The summed E-state index contributed by atoms with van der Waals surface area (Å²) in [5.74, 6) is -0.508. The van der Waals surface area contributed by atoms with E-state index in [2.05, 4.69) is 15.2 Å². The molecule has 0 bridgehead atoms. The van der Waals surface area contributed by atoms with Gasteiger partial charge in [-0.15, -0.1) is 0 Å². The molecule has 0 aliphatic carbocycles. The predicted octanol–water partition coefficient (Wildman–Crippen LogP) is 5.60. The van der Waals surface area contributed by atoms with Crippen LogP contribution >= 0.6 is 0 Å². The lowest BCUT2D eigenvalue weighted by molar-refractivity contribution is -0.137. The van der Waals surface area contributed by atoms with Gasteiger partial charge in [-0.25, -0.2) is 18.9 Å². The van der Waals surface area contributed by atoms with Crippen LogP contribution in [-0.2, 0) is 6.18 Å². The molecule has 32 heavy (non-hydrogen) atoms. The first-order valence-electron chi connectivity index (χ1n) is 10.2. The number of benzene rings is 1. The van der Waals surface area contributed by atoms with E-state index in [0.717, 1.165) is 24.8 Å². The molecule has 5 nitrogen and oxygen atoms in total. The average Bonchev–Trinajstić information content (AvgIpc) is 3.21. The molecule has 1 aromatic carbocycles. The van der Waals surface area contributed by atoms with E-state index in [0.29, 0.717) is 42.3 Å². The molecule has 1 fully saturated rings. The van der Waals surface area contributed by atoms with Gasteiger partial charge in [0.1, 0.15) is 23.6 Å². The third-order valence-electron chi connectivity index (χ3n) is 5.51. The van der Waals surface area contributed by atoms with E-state index in [1.807, 2.05) is 11.8 Å². The van der Waals surface area contributed by atoms with E-state index in [9.17, 15) is 22.0 Å². The van der Waals surface area contributed by atoms with Crippen LogP contribution in [0.25, 0.3) is 11.3 Å². The summed E-state index contributed by atoms with van der Waals surface area (Å²) in [4.78, 5) is 6.01. The lowest BCUT2D eigenvalue weighted by atomic mass is 9.97. The van der Waals surface area contributed by atoms with Gasteiger partial charge in [0.2, 0.25) is 5.88 Å². The molecule has 1 N–H and O–H groups in total. The topological polar surface area (TPSA) is 54.0 Å². The van der Waals surface area contributed by atoms with Gasteiger partial charge in [-0.3, -0.25) is 0 Å². The first-order valence-corrected chi connectivity index (χ1v) is 10.2. The summed E-state index contributed by atoms with van der Waals surface area (Å²) >= 11 is 0. The van der Waals surface area contributed by atoms with E-state index in [-0.39, 0.29) is 12.1 Å². The number of hydrogen-bond acceptors (Lipinski definition) is 4. The zero-order valence-corrected chi connectivity index (χ0v) is 17.2. The first-order chi connectivity index (χ1) is 15.2. The molecule has 4 rings (SSSR count). The molecule has 1 saturated heterocycles. The van der Waals surface area contributed by atoms with Crippen molar-refractivity contribution in [2.24, 2.45) is 0 Å². The van der Waals surface area contributed by atoms with Gasteiger partial charge in [0.25, 0.3) is 0 Å². The van der Waals surface area contributed by atoms with Crippen LogP contribution in [0, 0.1) is 11.6 Å². The first kappa shape index (κ1) is 22.0. The summed E-state index contributed by atoms with van der Waals surface area (Å²) in [5, 5.41) is 6.81. The summed E-state index contributed by atoms with van der Waals surface area (Å²) in [6.45, 7) is 2.56. The Morgan fingerprint density at radius 3 is 2.50 bits per heavy atom. The fourth-order valence-corrected chi connectivity index (χ4v) is 3.93. The molecule has 0 radical (unpaired) electrons. The normalized spacial score (nSPS) is 19.2. The molecular weight excluding hydrogens is 431 g/mol. The predicted molar refractivity (Wildman–Crippen MR) is 108 cm³/mol. The number of alkyl halides is 3. The van der Waals surface area contributed by atoms with Gasteiger partial charge in [-0.05, 0) is 30.7 Å². The van der Waals surface area contributed by atoms with Crippen LogP contribution in [0.5, 0.6) is 5.88 Å². The minimum absolute atomic E-state index is 0.0395. The Morgan fingerprint density at radius 2 is 1.88 bits per heavy atom. The average molecular weight is 452 g/mol. The summed E-state index contributed by atoms with van der Waals surface area (Å²) in [6, 6.07) is 7.22. The maximum Gasteiger partial charge on any atom is 0.417 e. The maximum atomic E-state index is 13.5. The van der Waals surface area contributed by atoms with Crippen molar-refractivity contribution >= 4 is 5.82 Å². The van der Waals surface area contributed by atoms with Gasteiger partial charge in [-0.2, -0.15) is 18.3 Å². The number of hydrogen-bond donors (Lipinski definition) is 1. The summed E-state index contributed by atoms with van der Waals surface area (Å²) in [6.07, 6.45) is -1.69. The molecule has 0 unspecified atom stereocenters. The highest BCUT2D eigenvalue weighted by molar-refractivity contribution is 5.60. The molecule has 1 aliphatic rings. The van der Waals surface area contributed by atoms with Crippen molar-refractivity contribution in [3.05, 3.63) is 59.8 Å². The number of nitrogens with zero attached hydrogens (tertiary/aromatic N) is 3. The Balaban J connectivity index is 1.42. The molecule has 2 atom stereocenters. The summed E-state index contributed by atoms with van der Waals surface area (Å²) < 4.78 is 71.3. The molecule has 0 spiro atoms. The molecule has 3 heterocycles. The maximum absolute atomic E-state index is 13.5. The van der Waals surface area contributed by atoms with Gasteiger partial charge in [0.05, 0.1) is 11.3 Å². The molecule has 3 aromatic rings. The van der Waals surface area contributed by atoms with Crippen molar-refractivity contribution in [3.63, 3.8) is 0 Å². The van der Waals surface area contributed by atoms with Crippen LogP contribution in [-0.4, -0.2) is 33.9 Å². The van der Waals surface area contributed by atoms with E-state index < -0.39 is 23.4 Å². The molecular formula is C22H21F5N4O. The number of piperidine rings is 1. The van der Waals surface area contributed by atoms with Gasteiger partial charge in [-0.1, -0.05) is 6.92 Å². The smallest absolute Gasteiger partial charge is 0.417 e. The number of nitrogens with one attached hydrogen (secondary N) is 1. The third kappa shape index (κ3) is 4.84. The van der Waals surface area contributed by atoms with Crippen molar-refractivity contribution in [1.29, 1.82) is 0 Å². The largest absolute Gasteiger partial charge is 0.474 e. The lowest BCUT2D eigenvalue weighted by Gasteiger charge is -2.39. The minimum Gasteiger partial charge on any atom is -0.474 e. The number of aromatic amines is 1. The quantitative estimate of drug-likeness (QED) is 0.513. The van der Waals surface area contributed by atoms with Gasteiger partial charge in [0.15, 0.2) is 0 Å². The molecule has 10 heteroatoms. The molecule has 1 aliphatic heterocycles. The van der Waals surface area contributed by atoms with Gasteiger partial charge in [0, 0.05) is 49.3 Å². The second-order valence-corrected chi connectivity index (χ2v) is 7.70. The molecule has 170 valence electrons. The Bertz CT molecular complexity index is 1050. The van der Waals surface area contributed by atoms with Crippen molar-refractivity contribution in [3.8, 4) is 17.1 Å². The Hall–Kier alpha value is -3.17. The van der Waals surface area contributed by atoms with Crippen LogP contribution in [0.15, 0.2) is 42.6 Å². The Labute approximate surface area is 181 Å². The summed E-state index contributed by atoms with van der Waals surface area (Å²) in [7, 11) is 0. The van der Waals surface area contributed by atoms with Gasteiger partial charge < -0.3 is 9.64 Å². The standard InChI is InChI=1S/C22H21F5N4O/c1-2-17-10-18(5-6-31(17)20-4-3-14(12-28-20)22(25,26)27)32-21-11-19(29-30-21)13-7-15(23)9-16(24)8-13/h3-4,7-9,11-12,17-18H,2,5-6,10H2,1H3,(H,29,30)/t17-,18-/m0/s1. The summed E-state index contributed by atoms with van der Waals surface area (Å²) in [5.41, 5.74) is -0.124. The zero-order valence-electron chi connectivity index (χ0n) is 17.2. The molecule has 2 aromatic heterocycles. The van der Waals surface area contributed by atoms with Crippen molar-refractivity contribution in [2.45, 2.75) is 44.5 Å². The van der Waals surface area contributed by atoms with Crippen molar-refractivity contribution in [1.82, 2.24) is 15.2 Å². The fraction of sp³-hybridized carbons (Fsp3) is 0.364. The number of anilines is 1. The highest BCUT2D eigenvalue weighted by atomic mass is 19.4. The second-order valence-electron chi connectivity index (χ2n) is 7.70. The minimum atomic E-state index is -4.42. The van der Waals surface area contributed by atoms with Crippen LogP contribution in [0.4, 0.5) is 27.8 Å². The SMILES string of the molecule is CC[C@H]1C[C@@H](Oc2cc(-c3cc(F)cc(F)c3)n[nH]2)CCN1c1ccc(C(F)(F)F)cn1. The lowest BCUT2D eigenvalue weighted by Crippen LogP contribution is -2.46. The van der Waals surface area contributed by atoms with Gasteiger partial charge >= 0.3 is 6.18 Å². The fourth-order valence-electron chi connectivity index (χ4n) is 3.93. The van der Waals surface area contributed by atoms with Crippen LogP contribution in [0.2, 0.25) is 0 Å². The zero-order chi connectivity index (χ0) is 22.9. The van der Waals surface area contributed by atoms with E-state index in [4.69, 9.17) is 4.74 Å². The highest BCUT2D eigenvalue weighted by Crippen LogP contribution is 2.32. The van der Waals surface area contributed by atoms with Crippen molar-refractivity contribution in [2.75, 3.05) is 11.4 Å². The monoisotopic (exact) mass is 452 g/mol. The number of rotatable bonds is 5.